The molecule has 9 heteroatoms. The number of carbonyl (C=O) groups excluding carboxylic acids is 2. The summed E-state index contributed by atoms with van der Waals surface area (Å²) in [5.74, 6) is 0.354. The Bertz CT molecular complexity index is 1220. The van der Waals surface area contributed by atoms with Gasteiger partial charge in [-0.05, 0) is 42.8 Å². The fourth-order valence-electron chi connectivity index (χ4n) is 3.90. The third-order valence-corrected chi connectivity index (χ3v) is 5.39. The summed E-state index contributed by atoms with van der Waals surface area (Å²) in [6, 6.07) is 9.68. The van der Waals surface area contributed by atoms with Crippen LogP contribution in [0.1, 0.15) is 35.7 Å². The van der Waals surface area contributed by atoms with Gasteiger partial charge in [0.25, 0.3) is 0 Å². The van der Waals surface area contributed by atoms with Gasteiger partial charge in [0.1, 0.15) is 5.82 Å². The van der Waals surface area contributed by atoms with Crippen molar-refractivity contribution < 1.29 is 28.2 Å². The van der Waals surface area contributed by atoms with Crippen LogP contribution >= 0.6 is 0 Å². The maximum Gasteiger partial charge on any atom is 0.306 e. The lowest BCUT2D eigenvalue weighted by Crippen LogP contribution is -2.16. The molecule has 0 radical (unpaired) electrons. The number of nitrogens with zero attached hydrogens (tertiary/aromatic N) is 2. The average molecular weight is 453 g/mol. The van der Waals surface area contributed by atoms with Gasteiger partial charge in [0.05, 0.1) is 32.9 Å². The summed E-state index contributed by atoms with van der Waals surface area (Å²) < 4.78 is 30.8. The van der Waals surface area contributed by atoms with Crippen LogP contribution in [0, 0.1) is 5.82 Å². The van der Waals surface area contributed by atoms with Crippen molar-refractivity contribution in [2.45, 2.75) is 26.2 Å². The minimum Gasteiger partial charge on any atom is -0.493 e. The molecule has 0 bridgehead atoms. The zero-order chi connectivity index (χ0) is 23.5. The molecule has 1 aliphatic rings. The van der Waals surface area contributed by atoms with Gasteiger partial charge < -0.3 is 19.5 Å². The molecule has 2 aromatic carbocycles. The lowest BCUT2D eigenvalue weighted by molar-refractivity contribution is -0.143. The quantitative estimate of drug-likeness (QED) is 0.397. The number of esters is 1. The number of aromatic nitrogens is 2. The Kier molecular flexibility index (Phi) is 6.30. The first kappa shape index (κ1) is 22.3. The largest absolute Gasteiger partial charge is 0.493 e. The molecule has 1 aliphatic carbocycles. The van der Waals surface area contributed by atoms with Crippen LogP contribution in [-0.2, 0) is 16.0 Å². The zero-order valence-corrected chi connectivity index (χ0v) is 18.6. The van der Waals surface area contributed by atoms with E-state index in [0.717, 1.165) is 16.7 Å². The SMILES string of the molecule is CCOC(=O)CCC(=O)n1nc(Nc2cccc(F)c2)c2c1-c1cc(OC)c(OC)cc1C2. The lowest BCUT2D eigenvalue weighted by Gasteiger charge is -2.12. The topological polar surface area (TPSA) is 91.7 Å². The van der Waals surface area contributed by atoms with E-state index >= 15 is 0 Å². The molecule has 0 saturated heterocycles. The molecular weight excluding hydrogens is 429 g/mol. The molecule has 1 heterocycles. The molecule has 0 unspecified atom stereocenters. The van der Waals surface area contributed by atoms with Crippen molar-refractivity contribution >= 4 is 23.4 Å². The van der Waals surface area contributed by atoms with E-state index in [1.54, 1.807) is 33.3 Å². The second-order valence-corrected chi connectivity index (χ2v) is 7.46. The maximum atomic E-state index is 13.7. The summed E-state index contributed by atoms with van der Waals surface area (Å²) in [7, 11) is 3.10. The number of carbonyl (C=O) groups is 2. The molecule has 0 fully saturated rings. The number of fused-ring (bicyclic) bond motifs is 3. The van der Waals surface area contributed by atoms with Crippen LogP contribution in [-0.4, -0.2) is 42.5 Å². The van der Waals surface area contributed by atoms with Crippen molar-refractivity contribution in [3.05, 3.63) is 53.3 Å². The van der Waals surface area contributed by atoms with Gasteiger partial charge in [0, 0.05) is 29.7 Å². The monoisotopic (exact) mass is 453 g/mol. The van der Waals surface area contributed by atoms with Crippen molar-refractivity contribution in [2.24, 2.45) is 0 Å². The van der Waals surface area contributed by atoms with E-state index in [1.165, 1.54) is 16.8 Å². The number of hydrogen-bond acceptors (Lipinski definition) is 7. The van der Waals surface area contributed by atoms with Gasteiger partial charge in [0.2, 0.25) is 5.91 Å². The van der Waals surface area contributed by atoms with Crippen LogP contribution in [0.5, 0.6) is 11.5 Å². The minimum atomic E-state index is -0.445. The molecule has 0 saturated carbocycles. The first-order chi connectivity index (χ1) is 15.9. The summed E-state index contributed by atoms with van der Waals surface area (Å²) >= 11 is 0. The van der Waals surface area contributed by atoms with Crippen LogP contribution in [0.25, 0.3) is 11.3 Å². The van der Waals surface area contributed by atoms with E-state index in [0.29, 0.717) is 35.1 Å². The lowest BCUT2D eigenvalue weighted by atomic mass is 10.1. The van der Waals surface area contributed by atoms with Gasteiger partial charge in [-0.1, -0.05) is 6.07 Å². The second-order valence-electron chi connectivity index (χ2n) is 7.46. The van der Waals surface area contributed by atoms with Crippen LogP contribution < -0.4 is 14.8 Å². The molecule has 1 N–H and O–H groups in total. The molecule has 172 valence electrons. The average Bonchev–Trinajstić information content (AvgIpc) is 3.34. The third kappa shape index (κ3) is 4.39. The van der Waals surface area contributed by atoms with Crippen molar-refractivity contribution in [1.29, 1.82) is 0 Å². The molecule has 0 aliphatic heterocycles. The fraction of sp³-hybridized carbons (Fsp3) is 0.292. The smallest absolute Gasteiger partial charge is 0.306 e. The second kappa shape index (κ2) is 9.32. The van der Waals surface area contributed by atoms with Crippen LogP contribution in [0.4, 0.5) is 15.9 Å². The predicted octanol–water partition coefficient (Wildman–Crippen LogP) is 4.34. The molecule has 33 heavy (non-hydrogen) atoms. The highest BCUT2D eigenvalue weighted by Gasteiger charge is 2.32. The molecule has 4 rings (SSSR count). The third-order valence-electron chi connectivity index (χ3n) is 5.39. The predicted molar refractivity (Wildman–Crippen MR) is 120 cm³/mol. The fourth-order valence-corrected chi connectivity index (χ4v) is 3.90. The Morgan fingerprint density at radius 2 is 1.88 bits per heavy atom. The van der Waals surface area contributed by atoms with Gasteiger partial charge in [-0.25, -0.2) is 4.39 Å². The van der Waals surface area contributed by atoms with E-state index < -0.39 is 5.97 Å². The van der Waals surface area contributed by atoms with Gasteiger partial charge in [-0.3, -0.25) is 9.59 Å². The van der Waals surface area contributed by atoms with Gasteiger partial charge >= 0.3 is 5.97 Å². The normalized spacial score (nSPS) is 11.5. The highest BCUT2D eigenvalue weighted by atomic mass is 19.1. The van der Waals surface area contributed by atoms with Crippen LogP contribution in [0.2, 0.25) is 0 Å². The Morgan fingerprint density at radius 3 is 2.58 bits per heavy atom. The van der Waals surface area contributed by atoms with Crippen LogP contribution in [0.15, 0.2) is 36.4 Å². The zero-order valence-electron chi connectivity index (χ0n) is 18.6. The highest BCUT2D eigenvalue weighted by Crippen LogP contribution is 2.45. The minimum absolute atomic E-state index is 0.0489. The Labute approximate surface area is 190 Å². The molecule has 0 spiro atoms. The summed E-state index contributed by atoms with van der Waals surface area (Å²) in [5.41, 5.74) is 3.63. The first-order valence-corrected chi connectivity index (χ1v) is 10.5. The van der Waals surface area contributed by atoms with Gasteiger partial charge in [-0.2, -0.15) is 4.68 Å². The number of ether oxygens (including phenoxy) is 3. The van der Waals surface area contributed by atoms with E-state index in [9.17, 15) is 14.0 Å². The summed E-state index contributed by atoms with van der Waals surface area (Å²) in [4.78, 5) is 24.8. The summed E-state index contributed by atoms with van der Waals surface area (Å²) in [5, 5.41) is 7.61. The first-order valence-electron chi connectivity index (χ1n) is 10.5. The van der Waals surface area contributed by atoms with Crippen molar-refractivity contribution in [3.8, 4) is 22.8 Å². The number of anilines is 2. The van der Waals surface area contributed by atoms with E-state index in [2.05, 4.69) is 10.4 Å². The molecular formula is C24H24FN3O5. The summed E-state index contributed by atoms with van der Waals surface area (Å²) in [6.07, 6.45) is 0.384. The number of hydrogen-bond donors (Lipinski definition) is 1. The number of rotatable bonds is 8. The van der Waals surface area contributed by atoms with Crippen molar-refractivity contribution in [2.75, 3.05) is 26.1 Å². The van der Waals surface area contributed by atoms with E-state index in [-0.39, 0.29) is 31.2 Å². The Hall–Kier alpha value is -3.88. The highest BCUT2D eigenvalue weighted by molar-refractivity contribution is 5.92. The molecule has 1 aromatic heterocycles. The number of benzene rings is 2. The molecule has 8 nitrogen and oxygen atoms in total. The Morgan fingerprint density at radius 1 is 1.12 bits per heavy atom. The number of methoxy groups -OCH3 is 2. The van der Waals surface area contributed by atoms with Gasteiger partial charge in [-0.15, -0.1) is 5.10 Å². The van der Waals surface area contributed by atoms with E-state index in [4.69, 9.17) is 14.2 Å². The molecule has 0 amide bonds. The maximum absolute atomic E-state index is 13.7. The van der Waals surface area contributed by atoms with Crippen molar-refractivity contribution in [3.63, 3.8) is 0 Å². The standard InChI is InChI=1S/C24H24FN3O5/c1-4-33-22(30)9-8-21(29)28-23-17-13-20(32-3)19(31-2)11-14(17)10-18(23)24(27-28)26-16-7-5-6-15(25)12-16/h5-7,11-13H,4,8-10H2,1-3H3,(H,26,27). The van der Waals surface area contributed by atoms with Crippen LogP contribution in [0.3, 0.4) is 0 Å². The molecule has 0 atom stereocenters. The Balaban J connectivity index is 1.75. The molecule has 3 aromatic rings. The van der Waals surface area contributed by atoms with E-state index in [1.807, 2.05) is 12.1 Å². The van der Waals surface area contributed by atoms with Crippen molar-refractivity contribution in [1.82, 2.24) is 9.78 Å². The number of halogens is 1. The number of nitrogens with one attached hydrogen (secondary N) is 1. The summed E-state index contributed by atoms with van der Waals surface area (Å²) in [6.45, 7) is 1.96. The van der Waals surface area contributed by atoms with Gasteiger partial charge in [0.15, 0.2) is 17.3 Å².